The molecule has 0 aliphatic carbocycles. The molecule has 4 heterocycles. The standard InChI is InChI=1S/C22H20N2O4/c1-3-27-21(25)15-13-19(23-11-7-5-9-17(15)23)20-14-16(22(26)28-4-2)18-10-6-8-12-24(18)20/h5-14H,3-4H2,1-2H3. The molecule has 28 heavy (non-hydrogen) atoms. The normalized spacial score (nSPS) is 11.1. The molecule has 0 N–H and O–H groups in total. The van der Waals surface area contributed by atoms with E-state index in [4.69, 9.17) is 9.47 Å². The first-order valence-corrected chi connectivity index (χ1v) is 9.20. The first-order valence-electron chi connectivity index (χ1n) is 9.20. The summed E-state index contributed by atoms with van der Waals surface area (Å²) in [7, 11) is 0. The van der Waals surface area contributed by atoms with Crippen LogP contribution in [0.4, 0.5) is 0 Å². The highest BCUT2D eigenvalue weighted by molar-refractivity contribution is 6.02. The van der Waals surface area contributed by atoms with Gasteiger partial charge in [-0.15, -0.1) is 0 Å². The summed E-state index contributed by atoms with van der Waals surface area (Å²) in [5.74, 6) is -0.743. The number of esters is 2. The van der Waals surface area contributed by atoms with Gasteiger partial charge in [0.1, 0.15) is 0 Å². The smallest absolute Gasteiger partial charge is 0.340 e. The molecule has 4 aromatic heterocycles. The first kappa shape index (κ1) is 17.9. The predicted molar refractivity (Wildman–Crippen MR) is 106 cm³/mol. The maximum absolute atomic E-state index is 12.4. The number of nitrogens with zero attached hydrogens (tertiary/aromatic N) is 2. The van der Waals surface area contributed by atoms with E-state index in [-0.39, 0.29) is 11.9 Å². The van der Waals surface area contributed by atoms with Gasteiger partial charge in [0.25, 0.3) is 0 Å². The van der Waals surface area contributed by atoms with Crippen LogP contribution in [0.1, 0.15) is 34.6 Å². The predicted octanol–water partition coefficient (Wildman–Crippen LogP) is 4.21. The lowest BCUT2D eigenvalue weighted by Gasteiger charge is -2.04. The molecular formula is C22H20N2O4. The van der Waals surface area contributed by atoms with Crippen LogP contribution < -0.4 is 0 Å². The average Bonchev–Trinajstić information content (AvgIpc) is 3.27. The molecular weight excluding hydrogens is 356 g/mol. The number of hydrogen-bond donors (Lipinski definition) is 0. The molecule has 0 spiro atoms. The molecule has 4 aromatic rings. The number of ether oxygens (including phenoxy) is 2. The van der Waals surface area contributed by atoms with Crippen molar-refractivity contribution in [2.45, 2.75) is 13.8 Å². The van der Waals surface area contributed by atoms with E-state index in [9.17, 15) is 9.59 Å². The number of fused-ring (bicyclic) bond motifs is 2. The number of pyridine rings is 2. The molecule has 0 bridgehead atoms. The highest BCUT2D eigenvalue weighted by Crippen LogP contribution is 2.31. The first-order chi connectivity index (χ1) is 13.7. The van der Waals surface area contributed by atoms with Crippen molar-refractivity contribution in [2.75, 3.05) is 13.2 Å². The molecule has 6 nitrogen and oxygen atoms in total. The van der Waals surface area contributed by atoms with E-state index >= 15 is 0 Å². The summed E-state index contributed by atoms with van der Waals surface area (Å²) in [4.78, 5) is 24.9. The Labute approximate surface area is 161 Å². The Morgan fingerprint density at radius 2 is 1.18 bits per heavy atom. The molecule has 0 saturated heterocycles. The summed E-state index contributed by atoms with van der Waals surface area (Å²) in [6.07, 6.45) is 3.78. The molecule has 142 valence electrons. The van der Waals surface area contributed by atoms with Gasteiger partial charge in [-0.2, -0.15) is 0 Å². The van der Waals surface area contributed by atoms with Crippen LogP contribution in [-0.4, -0.2) is 34.0 Å². The average molecular weight is 376 g/mol. The second-order valence-electron chi connectivity index (χ2n) is 6.24. The molecule has 0 saturated carbocycles. The Morgan fingerprint density at radius 3 is 1.57 bits per heavy atom. The monoisotopic (exact) mass is 376 g/mol. The Bertz CT molecular complexity index is 1090. The van der Waals surface area contributed by atoms with Crippen molar-refractivity contribution in [3.63, 3.8) is 0 Å². The third-order valence-electron chi connectivity index (χ3n) is 4.61. The van der Waals surface area contributed by atoms with Crippen LogP contribution in [0.15, 0.2) is 60.9 Å². The summed E-state index contributed by atoms with van der Waals surface area (Å²) in [5.41, 5.74) is 4.05. The lowest BCUT2D eigenvalue weighted by atomic mass is 10.2. The number of rotatable bonds is 5. The zero-order valence-electron chi connectivity index (χ0n) is 15.7. The minimum absolute atomic E-state index is 0.305. The van der Waals surface area contributed by atoms with Crippen LogP contribution in [0.3, 0.4) is 0 Å². The lowest BCUT2D eigenvalue weighted by Crippen LogP contribution is -2.03. The fraction of sp³-hybridized carbons (Fsp3) is 0.182. The minimum Gasteiger partial charge on any atom is -0.462 e. The van der Waals surface area contributed by atoms with Gasteiger partial charge in [-0.25, -0.2) is 9.59 Å². The summed E-state index contributed by atoms with van der Waals surface area (Å²) < 4.78 is 14.3. The minimum atomic E-state index is -0.371. The van der Waals surface area contributed by atoms with Gasteiger partial charge < -0.3 is 18.3 Å². The van der Waals surface area contributed by atoms with E-state index in [1.807, 2.05) is 57.6 Å². The second-order valence-corrected chi connectivity index (χ2v) is 6.24. The molecule has 0 aliphatic heterocycles. The van der Waals surface area contributed by atoms with E-state index in [2.05, 4.69) is 0 Å². The lowest BCUT2D eigenvalue weighted by molar-refractivity contribution is 0.0519. The van der Waals surface area contributed by atoms with Crippen LogP contribution in [0, 0.1) is 0 Å². The summed E-state index contributed by atoms with van der Waals surface area (Å²) in [5, 5.41) is 0. The van der Waals surface area contributed by atoms with Gasteiger partial charge in [0.15, 0.2) is 0 Å². The third kappa shape index (κ3) is 2.83. The van der Waals surface area contributed by atoms with Gasteiger partial charge in [0.05, 0.1) is 46.8 Å². The van der Waals surface area contributed by atoms with Gasteiger partial charge in [-0.3, -0.25) is 0 Å². The maximum Gasteiger partial charge on any atom is 0.340 e. The van der Waals surface area contributed by atoms with Crippen molar-refractivity contribution < 1.29 is 19.1 Å². The molecule has 4 rings (SSSR count). The molecule has 0 radical (unpaired) electrons. The van der Waals surface area contributed by atoms with Crippen LogP contribution in [0.25, 0.3) is 22.4 Å². The van der Waals surface area contributed by atoms with E-state index in [1.54, 1.807) is 26.0 Å². The Balaban J connectivity index is 1.97. The Morgan fingerprint density at radius 1 is 0.750 bits per heavy atom. The topological polar surface area (TPSA) is 61.4 Å². The maximum atomic E-state index is 12.4. The van der Waals surface area contributed by atoms with Crippen molar-refractivity contribution in [1.82, 2.24) is 8.80 Å². The van der Waals surface area contributed by atoms with E-state index in [0.29, 0.717) is 24.3 Å². The van der Waals surface area contributed by atoms with Crippen LogP contribution in [0.2, 0.25) is 0 Å². The van der Waals surface area contributed by atoms with Crippen LogP contribution in [-0.2, 0) is 9.47 Å². The van der Waals surface area contributed by atoms with Crippen molar-refractivity contribution in [3.05, 3.63) is 72.1 Å². The Kier molecular flexibility index (Phi) is 4.61. The summed E-state index contributed by atoms with van der Waals surface area (Å²) in [6, 6.07) is 14.9. The highest BCUT2D eigenvalue weighted by atomic mass is 16.5. The zero-order valence-corrected chi connectivity index (χ0v) is 15.7. The third-order valence-corrected chi connectivity index (χ3v) is 4.61. The van der Waals surface area contributed by atoms with Crippen molar-refractivity contribution in [1.29, 1.82) is 0 Å². The van der Waals surface area contributed by atoms with Gasteiger partial charge in [0.2, 0.25) is 0 Å². The SMILES string of the molecule is CCOC(=O)c1cc(-c2cc(C(=O)OCC)c3ccccn23)n2ccccc12. The molecule has 6 heteroatoms. The number of carbonyl (C=O) groups is 2. The fourth-order valence-electron chi connectivity index (χ4n) is 3.45. The second kappa shape index (κ2) is 7.23. The van der Waals surface area contributed by atoms with Gasteiger partial charge in [-0.05, 0) is 50.2 Å². The fourth-order valence-corrected chi connectivity index (χ4v) is 3.45. The Hall–Kier alpha value is -3.54. The van der Waals surface area contributed by atoms with Gasteiger partial charge >= 0.3 is 11.9 Å². The largest absolute Gasteiger partial charge is 0.462 e. The van der Waals surface area contributed by atoms with E-state index < -0.39 is 0 Å². The van der Waals surface area contributed by atoms with Gasteiger partial charge in [0, 0.05) is 12.4 Å². The van der Waals surface area contributed by atoms with Crippen LogP contribution in [0.5, 0.6) is 0 Å². The molecule has 0 aromatic carbocycles. The van der Waals surface area contributed by atoms with Gasteiger partial charge in [-0.1, -0.05) is 12.1 Å². The summed E-state index contributed by atoms with van der Waals surface area (Å²) >= 11 is 0. The number of aromatic nitrogens is 2. The molecule has 0 amide bonds. The molecule has 0 atom stereocenters. The van der Waals surface area contributed by atoms with Crippen molar-refractivity contribution in [2.24, 2.45) is 0 Å². The van der Waals surface area contributed by atoms with Crippen molar-refractivity contribution >= 4 is 23.0 Å². The molecule has 0 fully saturated rings. The zero-order chi connectivity index (χ0) is 19.7. The van der Waals surface area contributed by atoms with E-state index in [0.717, 1.165) is 22.4 Å². The number of hydrogen-bond acceptors (Lipinski definition) is 4. The van der Waals surface area contributed by atoms with E-state index in [1.165, 1.54) is 0 Å². The molecule has 0 aliphatic rings. The number of carbonyl (C=O) groups excluding carboxylic acids is 2. The highest BCUT2D eigenvalue weighted by Gasteiger charge is 2.22. The van der Waals surface area contributed by atoms with Crippen LogP contribution >= 0.6 is 0 Å². The summed E-state index contributed by atoms with van der Waals surface area (Å²) in [6.45, 7) is 4.17. The van der Waals surface area contributed by atoms with Crippen molar-refractivity contribution in [3.8, 4) is 11.4 Å². The quantitative estimate of drug-likeness (QED) is 0.490. The molecule has 0 unspecified atom stereocenters.